The van der Waals surface area contributed by atoms with Gasteiger partial charge in [-0.05, 0) is 24.5 Å². The minimum Gasteiger partial charge on any atom is -0.325 e. The lowest BCUT2D eigenvalue weighted by Gasteiger charge is -2.09. The molecule has 0 fully saturated rings. The van der Waals surface area contributed by atoms with E-state index in [0.29, 0.717) is 22.2 Å². The number of carbonyl (C=O) groups excluding carboxylic acids is 2. The maximum absolute atomic E-state index is 12.5. The number of nitrogens with zero attached hydrogens (tertiary/aromatic N) is 2. The first kappa shape index (κ1) is 19.2. The summed E-state index contributed by atoms with van der Waals surface area (Å²) in [4.78, 5) is 29.0. The third-order valence-electron chi connectivity index (χ3n) is 3.68. The number of anilines is 1. The highest BCUT2D eigenvalue weighted by molar-refractivity contribution is 7.99. The van der Waals surface area contributed by atoms with Crippen molar-refractivity contribution in [2.45, 2.75) is 17.0 Å². The molecule has 1 aromatic heterocycles. The quantitative estimate of drug-likeness (QED) is 0.460. The van der Waals surface area contributed by atoms with Crippen molar-refractivity contribution in [1.29, 1.82) is 0 Å². The van der Waals surface area contributed by atoms with Crippen LogP contribution in [0.3, 0.4) is 0 Å². The molecular weight excluding hydrogens is 380 g/mol. The predicted molar refractivity (Wildman–Crippen MR) is 109 cm³/mol. The van der Waals surface area contributed by atoms with E-state index in [9.17, 15) is 9.59 Å². The Kier molecular flexibility index (Phi) is 6.31. The number of ketones is 1. The summed E-state index contributed by atoms with van der Waals surface area (Å²) in [6, 6.07) is 15.0. The molecule has 6 nitrogen and oxygen atoms in total. The smallest absolute Gasteiger partial charge is 0.221 e. The molecule has 3 aromatic rings. The second-order valence-electron chi connectivity index (χ2n) is 5.64. The summed E-state index contributed by atoms with van der Waals surface area (Å²) >= 11 is 2.77. The highest BCUT2D eigenvalue weighted by Gasteiger charge is 2.13. The zero-order valence-electron chi connectivity index (χ0n) is 14.9. The Morgan fingerprint density at radius 1 is 1.15 bits per heavy atom. The van der Waals surface area contributed by atoms with Crippen LogP contribution in [-0.4, -0.2) is 38.9 Å². The van der Waals surface area contributed by atoms with Crippen molar-refractivity contribution in [3.05, 3.63) is 54.1 Å². The third kappa shape index (κ3) is 4.99. The molecule has 3 rings (SSSR count). The molecule has 2 aromatic carbocycles. The summed E-state index contributed by atoms with van der Waals surface area (Å²) in [6.45, 7) is 1.46. The fourth-order valence-corrected chi connectivity index (χ4v) is 3.68. The van der Waals surface area contributed by atoms with Crippen LogP contribution in [0.15, 0.2) is 58.6 Å². The fourth-order valence-electron chi connectivity index (χ4n) is 2.41. The summed E-state index contributed by atoms with van der Waals surface area (Å²) in [5.74, 6) is 0.753. The van der Waals surface area contributed by atoms with Gasteiger partial charge in [0.05, 0.1) is 11.4 Å². The van der Waals surface area contributed by atoms with E-state index in [-0.39, 0.29) is 17.4 Å². The van der Waals surface area contributed by atoms with Gasteiger partial charge in [-0.15, -0.1) is 16.9 Å². The van der Waals surface area contributed by atoms with Gasteiger partial charge in [0.1, 0.15) is 0 Å². The number of Topliss-reactive ketones (excluding diaryl/α,β-unsaturated/α-hetero) is 1. The Bertz CT molecular complexity index is 957. The van der Waals surface area contributed by atoms with Gasteiger partial charge in [0, 0.05) is 22.9 Å². The van der Waals surface area contributed by atoms with E-state index in [0.717, 1.165) is 10.5 Å². The van der Waals surface area contributed by atoms with Crippen LogP contribution in [-0.2, 0) is 4.79 Å². The second kappa shape index (κ2) is 8.88. The molecule has 0 aliphatic heterocycles. The van der Waals surface area contributed by atoms with Gasteiger partial charge in [-0.25, -0.2) is 4.98 Å². The number of hydrogen-bond acceptors (Lipinski definition) is 6. The van der Waals surface area contributed by atoms with Crippen LogP contribution in [0.1, 0.15) is 17.3 Å². The minimum atomic E-state index is -0.140. The number of aromatic amines is 1. The molecule has 0 atom stereocenters. The number of rotatable bonds is 7. The number of carbonyl (C=O) groups is 2. The molecule has 0 saturated carbocycles. The highest BCUT2D eigenvalue weighted by Crippen LogP contribution is 2.27. The van der Waals surface area contributed by atoms with Crippen molar-refractivity contribution in [1.82, 2.24) is 15.2 Å². The average Bonchev–Trinajstić information content (AvgIpc) is 3.16. The first-order valence-corrected chi connectivity index (χ1v) is 10.4. The lowest BCUT2D eigenvalue weighted by Crippen LogP contribution is -2.08. The van der Waals surface area contributed by atoms with Crippen LogP contribution >= 0.6 is 23.5 Å². The number of hydrogen-bond donors (Lipinski definition) is 2. The zero-order chi connectivity index (χ0) is 19.2. The SMILES string of the molecule is CSc1cc(C(=O)CSc2n[nH]c(-c3ccccc3)n2)ccc1NC(C)=O. The Hall–Kier alpha value is -2.58. The Morgan fingerprint density at radius 2 is 1.93 bits per heavy atom. The number of thioether (sulfide) groups is 2. The lowest BCUT2D eigenvalue weighted by molar-refractivity contribution is -0.114. The summed E-state index contributed by atoms with van der Waals surface area (Å²) < 4.78 is 0. The van der Waals surface area contributed by atoms with Crippen LogP contribution in [0.25, 0.3) is 11.4 Å². The van der Waals surface area contributed by atoms with Gasteiger partial charge < -0.3 is 5.32 Å². The number of nitrogens with one attached hydrogen (secondary N) is 2. The van der Waals surface area contributed by atoms with Crippen LogP contribution in [0.2, 0.25) is 0 Å². The molecule has 0 spiro atoms. The van der Waals surface area contributed by atoms with Gasteiger partial charge in [-0.1, -0.05) is 42.1 Å². The first-order chi connectivity index (χ1) is 13.1. The van der Waals surface area contributed by atoms with E-state index in [1.807, 2.05) is 36.6 Å². The maximum atomic E-state index is 12.5. The minimum absolute atomic E-state index is 0.0178. The molecule has 1 amide bonds. The summed E-state index contributed by atoms with van der Waals surface area (Å²) in [5, 5.41) is 10.4. The molecule has 1 heterocycles. The van der Waals surface area contributed by atoms with E-state index >= 15 is 0 Å². The summed E-state index contributed by atoms with van der Waals surface area (Å²) in [7, 11) is 0. The molecule has 2 N–H and O–H groups in total. The second-order valence-corrected chi connectivity index (χ2v) is 7.43. The Balaban J connectivity index is 1.66. The van der Waals surface area contributed by atoms with Crippen LogP contribution in [0.4, 0.5) is 5.69 Å². The lowest BCUT2D eigenvalue weighted by atomic mass is 10.1. The van der Waals surface area contributed by atoms with E-state index in [1.165, 1.54) is 30.4 Å². The van der Waals surface area contributed by atoms with Crippen molar-refractivity contribution in [2.75, 3.05) is 17.3 Å². The molecule has 0 aliphatic rings. The third-order valence-corrected chi connectivity index (χ3v) is 5.30. The molecule has 0 unspecified atom stereocenters. The Morgan fingerprint density at radius 3 is 2.63 bits per heavy atom. The number of amides is 1. The first-order valence-electron chi connectivity index (χ1n) is 8.16. The summed E-state index contributed by atoms with van der Waals surface area (Å²) in [5.41, 5.74) is 2.25. The zero-order valence-corrected chi connectivity index (χ0v) is 16.5. The monoisotopic (exact) mass is 398 g/mol. The standard InChI is InChI=1S/C19H18N4O2S2/c1-12(24)20-15-9-8-14(10-17(15)26-2)16(25)11-27-19-21-18(22-23-19)13-6-4-3-5-7-13/h3-10H,11H2,1-2H3,(H,20,24)(H,21,22,23). The van der Waals surface area contributed by atoms with E-state index in [4.69, 9.17) is 0 Å². The van der Waals surface area contributed by atoms with Crippen LogP contribution in [0, 0.1) is 0 Å². The maximum Gasteiger partial charge on any atom is 0.221 e. The van der Waals surface area contributed by atoms with Gasteiger partial charge in [-0.2, -0.15) is 0 Å². The van der Waals surface area contributed by atoms with Gasteiger partial charge in [-0.3, -0.25) is 14.7 Å². The van der Waals surface area contributed by atoms with Crippen molar-refractivity contribution in [3.8, 4) is 11.4 Å². The largest absolute Gasteiger partial charge is 0.325 e. The van der Waals surface area contributed by atoms with Crippen molar-refractivity contribution in [3.63, 3.8) is 0 Å². The van der Waals surface area contributed by atoms with Crippen LogP contribution < -0.4 is 5.32 Å². The summed E-state index contributed by atoms with van der Waals surface area (Å²) in [6.07, 6.45) is 1.91. The number of aromatic nitrogens is 3. The molecule has 0 bridgehead atoms. The average molecular weight is 399 g/mol. The van der Waals surface area contributed by atoms with Gasteiger partial charge >= 0.3 is 0 Å². The molecule has 8 heteroatoms. The van der Waals surface area contributed by atoms with Gasteiger partial charge in [0.25, 0.3) is 0 Å². The predicted octanol–water partition coefficient (Wildman–Crippen LogP) is 4.13. The number of benzene rings is 2. The van der Waals surface area contributed by atoms with Gasteiger partial charge in [0.2, 0.25) is 11.1 Å². The molecule has 0 aliphatic carbocycles. The molecule has 0 radical (unpaired) electrons. The van der Waals surface area contributed by atoms with Crippen LogP contribution in [0.5, 0.6) is 0 Å². The Labute approximate surface area is 165 Å². The fraction of sp³-hybridized carbons (Fsp3) is 0.158. The number of H-pyrrole nitrogens is 1. The van der Waals surface area contributed by atoms with Crippen molar-refractivity contribution >= 4 is 40.9 Å². The molecule has 0 saturated heterocycles. The van der Waals surface area contributed by atoms with Crippen molar-refractivity contribution < 1.29 is 9.59 Å². The molecular formula is C19H18N4O2S2. The highest BCUT2D eigenvalue weighted by atomic mass is 32.2. The van der Waals surface area contributed by atoms with Crippen molar-refractivity contribution in [2.24, 2.45) is 0 Å². The normalized spacial score (nSPS) is 10.6. The van der Waals surface area contributed by atoms with Gasteiger partial charge in [0.15, 0.2) is 11.6 Å². The molecule has 138 valence electrons. The topological polar surface area (TPSA) is 87.7 Å². The van der Waals surface area contributed by atoms with E-state index in [2.05, 4.69) is 20.5 Å². The molecule has 27 heavy (non-hydrogen) atoms. The van der Waals surface area contributed by atoms with E-state index in [1.54, 1.807) is 18.2 Å². The van der Waals surface area contributed by atoms with E-state index < -0.39 is 0 Å².